The van der Waals surface area contributed by atoms with Crippen LogP contribution >= 0.6 is 0 Å². The third-order valence-corrected chi connectivity index (χ3v) is 3.21. The van der Waals surface area contributed by atoms with Gasteiger partial charge in [-0.15, -0.1) is 0 Å². The number of nitrogens with one attached hydrogen (secondary N) is 1. The van der Waals surface area contributed by atoms with Gasteiger partial charge in [-0.1, -0.05) is 6.07 Å². The summed E-state index contributed by atoms with van der Waals surface area (Å²) in [6.07, 6.45) is 0.847. The topological polar surface area (TPSA) is 67.5 Å². The SMILES string of the molecule is COc1ccc(C)c2c1NC(C(N)CO)C2. The van der Waals surface area contributed by atoms with E-state index >= 15 is 0 Å². The van der Waals surface area contributed by atoms with Gasteiger partial charge in [-0.25, -0.2) is 0 Å². The summed E-state index contributed by atoms with van der Waals surface area (Å²) in [4.78, 5) is 0. The molecule has 0 amide bonds. The Kier molecular flexibility index (Phi) is 3.03. The lowest BCUT2D eigenvalue weighted by Crippen LogP contribution is -2.41. The fraction of sp³-hybridized carbons (Fsp3) is 0.500. The van der Waals surface area contributed by atoms with Crippen LogP contribution in [0.2, 0.25) is 0 Å². The minimum absolute atomic E-state index is 0.00693. The maximum atomic E-state index is 9.07. The van der Waals surface area contributed by atoms with Crippen molar-refractivity contribution in [2.45, 2.75) is 25.4 Å². The van der Waals surface area contributed by atoms with E-state index in [1.807, 2.05) is 12.1 Å². The number of nitrogens with two attached hydrogens (primary N) is 1. The number of benzene rings is 1. The fourth-order valence-electron chi connectivity index (χ4n) is 2.16. The van der Waals surface area contributed by atoms with Gasteiger partial charge in [-0.2, -0.15) is 0 Å². The molecule has 0 saturated carbocycles. The minimum Gasteiger partial charge on any atom is -0.495 e. The maximum Gasteiger partial charge on any atom is 0.142 e. The molecule has 2 rings (SSSR count). The largest absolute Gasteiger partial charge is 0.495 e. The standard InChI is InChI=1S/C12H18N2O2/c1-7-3-4-11(16-2)12-8(7)5-10(14-12)9(13)6-15/h3-4,9-10,14-15H,5-6,13H2,1-2H3. The van der Waals surface area contributed by atoms with Crippen LogP contribution in [0.1, 0.15) is 11.1 Å². The van der Waals surface area contributed by atoms with Crippen LogP contribution in [-0.2, 0) is 6.42 Å². The van der Waals surface area contributed by atoms with Crippen LogP contribution in [0.3, 0.4) is 0 Å². The number of fused-ring (bicyclic) bond motifs is 1. The van der Waals surface area contributed by atoms with Gasteiger partial charge < -0.3 is 20.9 Å². The number of hydrogen-bond donors (Lipinski definition) is 3. The fourth-order valence-corrected chi connectivity index (χ4v) is 2.16. The van der Waals surface area contributed by atoms with Crippen LogP contribution in [0, 0.1) is 6.92 Å². The first kappa shape index (κ1) is 11.2. The molecule has 2 unspecified atom stereocenters. The second-order valence-electron chi connectivity index (χ2n) is 4.24. The number of aliphatic hydroxyl groups is 1. The van der Waals surface area contributed by atoms with E-state index in [2.05, 4.69) is 12.2 Å². The summed E-state index contributed by atoms with van der Waals surface area (Å²) < 4.78 is 5.31. The Morgan fingerprint density at radius 2 is 2.38 bits per heavy atom. The molecule has 16 heavy (non-hydrogen) atoms. The van der Waals surface area contributed by atoms with Gasteiger partial charge >= 0.3 is 0 Å². The molecule has 0 radical (unpaired) electrons. The molecule has 0 aromatic heterocycles. The molecule has 0 fully saturated rings. The number of hydrogen-bond acceptors (Lipinski definition) is 4. The summed E-state index contributed by atoms with van der Waals surface area (Å²) in [6.45, 7) is 2.07. The van der Waals surface area contributed by atoms with Crippen molar-refractivity contribution in [3.8, 4) is 5.75 Å². The average Bonchev–Trinajstić information content (AvgIpc) is 2.74. The molecule has 0 bridgehead atoms. The van der Waals surface area contributed by atoms with Crippen molar-refractivity contribution in [2.75, 3.05) is 19.0 Å². The Morgan fingerprint density at radius 1 is 1.62 bits per heavy atom. The third-order valence-electron chi connectivity index (χ3n) is 3.21. The Balaban J connectivity index is 2.32. The van der Waals surface area contributed by atoms with E-state index in [1.54, 1.807) is 7.11 Å². The second kappa shape index (κ2) is 4.31. The van der Waals surface area contributed by atoms with Crippen molar-refractivity contribution in [1.82, 2.24) is 0 Å². The molecule has 88 valence electrons. The molecule has 1 heterocycles. The van der Waals surface area contributed by atoms with Gasteiger partial charge in [0.1, 0.15) is 5.75 Å². The maximum absolute atomic E-state index is 9.07. The highest BCUT2D eigenvalue weighted by Crippen LogP contribution is 2.37. The molecular formula is C12H18N2O2. The molecule has 0 saturated heterocycles. The minimum atomic E-state index is -0.239. The van der Waals surface area contributed by atoms with Gasteiger partial charge in [0.15, 0.2) is 0 Å². The van der Waals surface area contributed by atoms with Crippen LogP contribution in [0.5, 0.6) is 5.75 Å². The lowest BCUT2D eigenvalue weighted by Gasteiger charge is -2.17. The van der Waals surface area contributed by atoms with E-state index in [-0.39, 0.29) is 18.7 Å². The van der Waals surface area contributed by atoms with E-state index in [9.17, 15) is 0 Å². The second-order valence-corrected chi connectivity index (χ2v) is 4.24. The Morgan fingerprint density at radius 3 is 3.00 bits per heavy atom. The molecule has 1 aliphatic rings. The number of aliphatic hydroxyl groups excluding tert-OH is 1. The molecule has 0 spiro atoms. The summed E-state index contributed by atoms with van der Waals surface area (Å²) in [5.74, 6) is 0.841. The molecule has 1 aromatic carbocycles. The highest BCUT2D eigenvalue weighted by atomic mass is 16.5. The summed E-state index contributed by atoms with van der Waals surface area (Å²) in [7, 11) is 1.66. The van der Waals surface area contributed by atoms with E-state index in [0.717, 1.165) is 17.9 Å². The summed E-state index contributed by atoms with van der Waals surface area (Å²) in [5.41, 5.74) is 9.35. The zero-order valence-corrected chi connectivity index (χ0v) is 9.66. The summed E-state index contributed by atoms with van der Waals surface area (Å²) >= 11 is 0. The molecule has 0 aliphatic carbocycles. The molecule has 2 atom stereocenters. The van der Waals surface area contributed by atoms with Crippen LogP contribution in [0.4, 0.5) is 5.69 Å². The van der Waals surface area contributed by atoms with Crippen LogP contribution in [0.15, 0.2) is 12.1 Å². The Bertz CT molecular complexity index is 393. The zero-order chi connectivity index (χ0) is 11.7. The number of methoxy groups -OCH3 is 1. The summed E-state index contributed by atoms with van der Waals surface area (Å²) in [6, 6.07) is 3.85. The highest BCUT2D eigenvalue weighted by Gasteiger charge is 2.28. The molecular weight excluding hydrogens is 204 g/mol. The molecule has 1 aliphatic heterocycles. The normalized spacial score (nSPS) is 20.1. The predicted molar refractivity (Wildman–Crippen MR) is 63.9 cm³/mol. The van der Waals surface area contributed by atoms with Crippen LogP contribution in [-0.4, -0.2) is 30.9 Å². The molecule has 1 aromatic rings. The quantitative estimate of drug-likeness (QED) is 0.703. The first-order valence-corrected chi connectivity index (χ1v) is 5.46. The highest BCUT2D eigenvalue weighted by molar-refractivity contribution is 5.68. The predicted octanol–water partition coefficient (Wildman–Crippen LogP) is 0.660. The molecule has 4 heteroatoms. The van der Waals surface area contributed by atoms with E-state index < -0.39 is 0 Å². The lowest BCUT2D eigenvalue weighted by atomic mass is 10.0. The van der Waals surface area contributed by atoms with Crippen molar-refractivity contribution in [3.05, 3.63) is 23.3 Å². The van der Waals surface area contributed by atoms with Gasteiger partial charge in [0.2, 0.25) is 0 Å². The monoisotopic (exact) mass is 222 g/mol. The smallest absolute Gasteiger partial charge is 0.142 e. The van der Waals surface area contributed by atoms with Gasteiger partial charge in [-0.3, -0.25) is 0 Å². The number of anilines is 1. The Labute approximate surface area is 95.4 Å². The van der Waals surface area contributed by atoms with Crippen molar-refractivity contribution >= 4 is 5.69 Å². The Hall–Kier alpha value is -1.26. The van der Waals surface area contributed by atoms with E-state index in [1.165, 1.54) is 11.1 Å². The van der Waals surface area contributed by atoms with Gasteiger partial charge in [0.05, 0.1) is 19.4 Å². The third kappa shape index (κ3) is 1.74. The van der Waals surface area contributed by atoms with Crippen molar-refractivity contribution in [3.63, 3.8) is 0 Å². The number of rotatable bonds is 3. The van der Waals surface area contributed by atoms with Crippen molar-refractivity contribution < 1.29 is 9.84 Å². The van der Waals surface area contributed by atoms with Gasteiger partial charge in [0.25, 0.3) is 0 Å². The molecule has 4 nitrogen and oxygen atoms in total. The number of aryl methyl sites for hydroxylation is 1. The van der Waals surface area contributed by atoms with Gasteiger partial charge in [-0.05, 0) is 30.5 Å². The van der Waals surface area contributed by atoms with Crippen molar-refractivity contribution in [1.29, 1.82) is 0 Å². The van der Waals surface area contributed by atoms with Crippen LogP contribution in [0.25, 0.3) is 0 Å². The van der Waals surface area contributed by atoms with Crippen molar-refractivity contribution in [2.24, 2.45) is 5.73 Å². The van der Waals surface area contributed by atoms with E-state index in [4.69, 9.17) is 15.6 Å². The average molecular weight is 222 g/mol. The molecule has 4 N–H and O–H groups in total. The first-order valence-electron chi connectivity index (χ1n) is 5.46. The number of ether oxygens (including phenoxy) is 1. The van der Waals surface area contributed by atoms with Crippen LogP contribution < -0.4 is 15.8 Å². The zero-order valence-electron chi connectivity index (χ0n) is 9.66. The van der Waals surface area contributed by atoms with E-state index in [0.29, 0.717) is 0 Å². The van der Waals surface area contributed by atoms with Gasteiger partial charge in [0, 0.05) is 12.1 Å². The first-order chi connectivity index (χ1) is 7.67. The lowest BCUT2D eigenvalue weighted by molar-refractivity contribution is 0.254. The summed E-state index contributed by atoms with van der Waals surface area (Å²) in [5, 5.41) is 12.4.